The minimum absolute atomic E-state index is 0.372. The maximum absolute atomic E-state index is 10.6. The zero-order chi connectivity index (χ0) is 18.6. The fraction of sp³-hybridized carbons (Fsp3) is 0.208. The lowest BCUT2D eigenvalue weighted by molar-refractivity contribution is 0.0600. The minimum Gasteiger partial charge on any atom is -0.472 e. The van der Waals surface area contributed by atoms with Crippen LogP contribution in [0.15, 0.2) is 71.5 Å². The van der Waals surface area contributed by atoms with Crippen LogP contribution in [0.25, 0.3) is 21.5 Å². The van der Waals surface area contributed by atoms with E-state index in [0.29, 0.717) is 5.56 Å². The van der Waals surface area contributed by atoms with Gasteiger partial charge in [-0.2, -0.15) is 0 Å². The summed E-state index contributed by atoms with van der Waals surface area (Å²) in [6.45, 7) is 0. The molecule has 0 amide bonds. The predicted molar refractivity (Wildman–Crippen MR) is 108 cm³/mol. The van der Waals surface area contributed by atoms with Crippen molar-refractivity contribution in [2.24, 2.45) is 0 Å². The monoisotopic (exact) mass is 358 g/mol. The van der Waals surface area contributed by atoms with Crippen molar-refractivity contribution in [3.63, 3.8) is 0 Å². The number of hydrogen-bond acceptors (Lipinski definition) is 3. The van der Waals surface area contributed by atoms with Crippen LogP contribution in [0.4, 0.5) is 0 Å². The second kappa shape index (κ2) is 7.67. The summed E-state index contributed by atoms with van der Waals surface area (Å²) in [6.07, 6.45) is 7.98. The van der Waals surface area contributed by atoms with Crippen LogP contribution in [-0.2, 0) is 17.6 Å². The van der Waals surface area contributed by atoms with Crippen LogP contribution in [0.3, 0.4) is 0 Å². The van der Waals surface area contributed by atoms with Gasteiger partial charge >= 0.3 is 5.97 Å². The van der Waals surface area contributed by atoms with E-state index in [4.69, 9.17) is 0 Å². The number of carbonyl (C=O) groups excluding carboxylic acids is 1. The van der Waals surface area contributed by atoms with Gasteiger partial charge in [0.25, 0.3) is 0 Å². The van der Waals surface area contributed by atoms with Gasteiger partial charge in [0, 0.05) is 0 Å². The average molecular weight is 358 g/mol. The van der Waals surface area contributed by atoms with Crippen molar-refractivity contribution >= 4 is 27.5 Å². The Morgan fingerprint density at radius 1 is 0.889 bits per heavy atom. The van der Waals surface area contributed by atoms with E-state index in [9.17, 15) is 4.79 Å². The third kappa shape index (κ3) is 3.45. The summed E-state index contributed by atoms with van der Waals surface area (Å²) in [5.41, 5.74) is 3.62. The van der Waals surface area contributed by atoms with Gasteiger partial charge in [0.05, 0.1) is 18.9 Å². The molecule has 0 radical (unpaired) electrons. The van der Waals surface area contributed by atoms with Crippen molar-refractivity contribution in [3.05, 3.63) is 83.8 Å². The van der Waals surface area contributed by atoms with Crippen molar-refractivity contribution < 1.29 is 13.9 Å². The van der Waals surface area contributed by atoms with Crippen LogP contribution in [0.1, 0.15) is 34.3 Å². The molecular weight excluding hydrogens is 336 g/mol. The lowest BCUT2D eigenvalue weighted by Gasteiger charge is -2.18. The van der Waals surface area contributed by atoms with E-state index < -0.39 is 0 Å². The van der Waals surface area contributed by atoms with Crippen molar-refractivity contribution in [3.8, 4) is 0 Å². The smallest absolute Gasteiger partial charge is 0.341 e. The number of benzene rings is 3. The second-order valence-electron chi connectivity index (χ2n) is 6.80. The van der Waals surface area contributed by atoms with Crippen molar-refractivity contribution in [1.82, 2.24) is 0 Å². The number of furan rings is 1. The Hall–Kier alpha value is -3.07. The molecule has 136 valence electrons. The summed E-state index contributed by atoms with van der Waals surface area (Å²) in [6, 6.07) is 19.5. The summed E-state index contributed by atoms with van der Waals surface area (Å²) < 4.78 is 9.03. The molecule has 0 N–H and O–H groups in total. The molecule has 0 saturated heterocycles. The number of fused-ring (bicyclic) bond motifs is 5. The van der Waals surface area contributed by atoms with Gasteiger partial charge in [-0.05, 0) is 64.4 Å². The number of esters is 1. The molecule has 0 unspecified atom stereocenters. The van der Waals surface area contributed by atoms with Gasteiger partial charge < -0.3 is 9.15 Å². The molecule has 0 aliphatic heterocycles. The Bertz CT molecular complexity index is 1080. The van der Waals surface area contributed by atoms with Gasteiger partial charge in [-0.1, -0.05) is 48.5 Å². The van der Waals surface area contributed by atoms with Crippen LogP contribution in [0.2, 0.25) is 0 Å². The normalized spacial score (nSPS) is 12.9. The molecule has 3 aromatic carbocycles. The zero-order valence-electron chi connectivity index (χ0n) is 15.4. The highest BCUT2D eigenvalue weighted by Gasteiger charge is 2.13. The summed E-state index contributed by atoms with van der Waals surface area (Å²) in [5.74, 6) is -0.372. The van der Waals surface area contributed by atoms with E-state index in [1.165, 1.54) is 66.9 Å². The molecule has 0 spiro atoms. The molecule has 4 aromatic rings. The fourth-order valence-corrected chi connectivity index (χ4v) is 3.84. The van der Waals surface area contributed by atoms with Crippen LogP contribution in [0, 0.1) is 0 Å². The van der Waals surface area contributed by atoms with Gasteiger partial charge in [-0.15, -0.1) is 0 Å². The predicted octanol–water partition coefficient (Wildman–Crippen LogP) is 5.94. The summed E-state index contributed by atoms with van der Waals surface area (Å²) >= 11 is 0. The molecule has 1 aliphatic rings. The highest BCUT2D eigenvalue weighted by Crippen LogP contribution is 2.33. The first-order chi connectivity index (χ1) is 13.3. The number of aryl methyl sites for hydroxylation is 2. The molecule has 27 heavy (non-hydrogen) atoms. The summed E-state index contributed by atoms with van der Waals surface area (Å²) in [7, 11) is 1.33. The van der Waals surface area contributed by atoms with Gasteiger partial charge in [-0.3, -0.25) is 0 Å². The van der Waals surface area contributed by atoms with E-state index in [-0.39, 0.29) is 5.97 Å². The number of hydrogen-bond donors (Lipinski definition) is 0. The standard InChI is InChI=1S/C18H16.C6H6O3/c1-3-7-15-13(5-1)9-11-18-16-8-4-2-6-14(16)10-12-17(15)18;1-8-6(7)5-2-3-9-4-5/h1,3,5,7,9-12H,2,4,6,8H2;2-4H,1H3. The minimum atomic E-state index is -0.372. The number of rotatable bonds is 1. The first-order valence-corrected chi connectivity index (χ1v) is 9.30. The number of methoxy groups -OCH3 is 1. The van der Waals surface area contributed by atoms with E-state index in [2.05, 4.69) is 57.7 Å². The van der Waals surface area contributed by atoms with Gasteiger partial charge in [0.15, 0.2) is 0 Å². The zero-order valence-corrected chi connectivity index (χ0v) is 15.4. The third-order valence-corrected chi connectivity index (χ3v) is 5.20. The van der Waals surface area contributed by atoms with Gasteiger partial charge in [-0.25, -0.2) is 4.79 Å². The maximum Gasteiger partial charge on any atom is 0.341 e. The van der Waals surface area contributed by atoms with Crippen LogP contribution < -0.4 is 0 Å². The Balaban J connectivity index is 0.000000170. The summed E-state index contributed by atoms with van der Waals surface area (Å²) in [4.78, 5) is 10.6. The molecule has 0 fully saturated rings. The molecule has 0 atom stereocenters. The fourth-order valence-electron chi connectivity index (χ4n) is 3.84. The van der Waals surface area contributed by atoms with E-state index in [1.807, 2.05) is 0 Å². The molecule has 1 aromatic heterocycles. The van der Waals surface area contributed by atoms with Gasteiger partial charge in [0.1, 0.15) is 6.26 Å². The highest BCUT2D eigenvalue weighted by atomic mass is 16.5. The maximum atomic E-state index is 10.6. The molecule has 1 aliphatic carbocycles. The lowest BCUT2D eigenvalue weighted by Crippen LogP contribution is -2.02. The van der Waals surface area contributed by atoms with Crippen molar-refractivity contribution in [1.29, 1.82) is 0 Å². The third-order valence-electron chi connectivity index (χ3n) is 5.20. The SMILES string of the molecule is COC(=O)c1ccoc1.c1ccc2c(c1)ccc1c3c(ccc12)CCCC3. The molecular formula is C24H22O3. The van der Waals surface area contributed by atoms with Crippen LogP contribution in [-0.4, -0.2) is 13.1 Å². The highest BCUT2D eigenvalue weighted by molar-refractivity contribution is 6.08. The first-order valence-electron chi connectivity index (χ1n) is 9.30. The Morgan fingerprint density at radius 3 is 2.52 bits per heavy atom. The van der Waals surface area contributed by atoms with Gasteiger partial charge in [0.2, 0.25) is 0 Å². The second-order valence-corrected chi connectivity index (χ2v) is 6.80. The largest absolute Gasteiger partial charge is 0.472 e. The van der Waals surface area contributed by atoms with E-state index in [0.717, 1.165) is 0 Å². The molecule has 0 saturated carbocycles. The molecule has 3 nitrogen and oxygen atoms in total. The average Bonchev–Trinajstić information content (AvgIpc) is 3.28. The quantitative estimate of drug-likeness (QED) is 0.312. The first kappa shape index (κ1) is 17.3. The van der Waals surface area contributed by atoms with E-state index >= 15 is 0 Å². The van der Waals surface area contributed by atoms with Crippen LogP contribution >= 0.6 is 0 Å². The lowest BCUT2D eigenvalue weighted by atomic mass is 9.86. The Kier molecular flexibility index (Phi) is 4.93. The van der Waals surface area contributed by atoms with Crippen LogP contribution in [0.5, 0.6) is 0 Å². The Morgan fingerprint density at radius 2 is 1.70 bits per heavy atom. The topological polar surface area (TPSA) is 39.4 Å². The number of ether oxygens (including phenoxy) is 1. The van der Waals surface area contributed by atoms with E-state index in [1.54, 1.807) is 17.2 Å². The van der Waals surface area contributed by atoms with Crippen molar-refractivity contribution in [2.45, 2.75) is 25.7 Å². The molecule has 1 heterocycles. The summed E-state index contributed by atoms with van der Waals surface area (Å²) in [5, 5.41) is 5.64. The number of carbonyl (C=O) groups is 1. The molecule has 3 heteroatoms. The molecule has 0 bridgehead atoms. The molecule has 5 rings (SSSR count). The van der Waals surface area contributed by atoms with Crippen molar-refractivity contribution in [2.75, 3.05) is 7.11 Å². The Labute approximate surface area is 158 Å².